The number of alkyl carbamates (subject to hydrolysis) is 1. The van der Waals surface area contributed by atoms with Crippen molar-refractivity contribution in [2.24, 2.45) is 0 Å². The number of ether oxygens (including phenoxy) is 11. The van der Waals surface area contributed by atoms with Gasteiger partial charge in [0.05, 0.1) is 119 Å². The molecule has 1 atom stereocenters. The van der Waals surface area contributed by atoms with Crippen LogP contribution in [0.25, 0.3) is 0 Å². The van der Waals surface area contributed by atoms with Gasteiger partial charge in [-0.15, -0.1) is 5.06 Å². The van der Waals surface area contributed by atoms with E-state index in [0.29, 0.717) is 118 Å². The lowest BCUT2D eigenvalue weighted by Crippen LogP contribution is -2.35. The van der Waals surface area contributed by atoms with Crippen LogP contribution in [-0.2, 0) is 66.5 Å². The Bertz CT molecular complexity index is 797. The summed E-state index contributed by atoms with van der Waals surface area (Å²) in [6, 6.07) is 0. The van der Waals surface area contributed by atoms with Gasteiger partial charge in [0.1, 0.15) is 0 Å². The summed E-state index contributed by atoms with van der Waals surface area (Å²) >= 11 is 0. The molecule has 2 N–H and O–H groups in total. The highest BCUT2D eigenvalue weighted by atomic mass is 16.7. The lowest BCUT2D eigenvalue weighted by molar-refractivity contribution is -0.220. The van der Waals surface area contributed by atoms with Gasteiger partial charge in [-0.1, -0.05) is 6.42 Å². The Hall–Kier alpha value is -2.23. The van der Waals surface area contributed by atoms with Crippen LogP contribution in [0.2, 0.25) is 0 Å². The van der Waals surface area contributed by atoms with Gasteiger partial charge in [0.2, 0.25) is 0 Å². The number of methoxy groups -OCH3 is 2. The highest BCUT2D eigenvalue weighted by Crippen LogP contribution is 2.17. The minimum atomic E-state index is -1.09. The van der Waals surface area contributed by atoms with Crippen molar-refractivity contribution >= 4 is 18.0 Å². The third-order valence-corrected chi connectivity index (χ3v) is 6.64. The third kappa shape index (κ3) is 27.5. The van der Waals surface area contributed by atoms with E-state index in [1.54, 1.807) is 14.2 Å². The maximum Gasteiger partial charge on any atom is 0.407 e. The van der Waals surface area contributed by atoms with Gasteiger partial charge in [-0.05, 0) is 12.8 Å². The summed E-state index contributed by atoms with van der Waals surface area (Å²) in [5, 5.41) is 13.1. The van der Waals surface area contributed by atoms with E-state index in [2.05, 4.69) is 5.32 Å². The molecule has 0 aromatic heterocycles. The molecule has 0 aliphatic carbocycles. The van der Waals surface area contributed by atoms with Gasteiger partial charge in [-0.25, -0.2) is 9.59 Å². The van der Waals surface area contributed by atoms with Gasteiger partial charge < -0.3 is 67.4 Å². The number of hydroxylamine groups is 2. The van der Waals surface area contributed by atoms with E-state index in [0.717, 1.165) is 5.06 Å². The highest BCUT2D eigenvalue weighted by Gasteiger charge is 2.32. The first-order chi connectivity index (χ1) is 24.5. The van der Waals surface area contributed by atoms with Crippen LogP contribution in [0, 0.1) is 0 Å². The zero-order valence-corrected chi connectivity index (χ0v) is 29.9. The molecule has 1 unspecified atom stereocenters. The Morgan fingerprint density at radius 2 is 1.12 bits per heavy atom. The summed E-state index contributed by atoms with van der Waals surface area (Å²) in [4.78, 5) is 40.9. The number of rotatable bonds is 36. The van der Waals surface area contributed by atoms with Gasteiger partial charge in [-0.2, -0.15) is 0 Å². The molecule has 1 fully saturated rings. The number of amides is 2. The van der Waals surface area contributed by atoms with E-state index in [4.69, 9.17) is 56.9 Å². The summed E-state index contributed by atoms with van der Waals surface area (Å²) < 4.78 is 59.1. The first-order valence-electron chi connectivity index (χ1n) is 17.2. The van der Waals surface area contributed by atoms with Crippen LogP contribution in [0.1, 0.15) is 38.5 Å². The van der Waals surface area contributed by atoms with Crippen LogP contribution in [0.3, 0.4) is 0 Å². The molecular weight excluding hydrogens is 668 g/mol. The molecule has 0 aromatic carbocycles. The van der Waals surface area contributed by atoms with Crippen molar-refractivity contribution in [2.75, 3.05) is 140 Å². The van der Waals surface area contributed by atoms with Crippen LogP contribution in [0.15, 0.2) is 0 Å². The monoisotopic (exact) mass is 728 g/mol. The van der Waals surface area contributed by atoms with E-state index >= 15 is 0 Å². The number of hydrogen-bond acceptors (Lipinski definition) is 16. The highest BCUT2D eigenvalue weighted by molar-refractivity contribution is 5.79. The van der Waals surface area contributed by atoms with Gasteiger partial charge in [0, 0.05) is 40.0 Å². The maximum atomic E-state index is 12.4. The summed E-state index contributed by atoms with van der Waals surface area (Å²) in [7, 11) is 3.24. The van der Waals surface area contributed by atoms with E-state index in [9.17, 15) is 19.5 Å². The number of carbonyl (C=O) groups excluding carboxylic acids is 3. The fourth-order valence-electron chi connectivity index (χ4n) is 4.02. The van der Waals surface area contributed by atoms with Gasteiger partial charge in [0.15, 0.2) is 12.3 Å². The van der Waals surface area contributed by atoms with Crippen molar-refractivity contribution in [3.63, 3.8) is 0 Å². The molecule has 1 aliphatic rings. The summed E-state index contributed by atoms with van der Waals surface area (Å²) in [5.74, 6) is -1.01. The Morgan fingerprint density at radius 1 is 0.680 bits per heavy atom. The standard InChI is InChI=1S/C32H60N2O16/c1-39-10-12-41-14-16-43-18-20-45-22-24-47-26-28(27-48-25-23-46-21-19-44-17-15-42-13-11-40-2)49-32(38)33-9-5-3-4-6-31(37)50-34-29(35)7-8-30(34)36/h28-29,35H,3-27H2,1-2H3,(H,33,38). The molecule has 50 heavy (non-hydrogen) atoms. The summed E-state index contributed by atoms with van der Waals surface area (Å²) in [6.45, 7) is 7.51. The molecule has 0 radical (unpaired) electrons. The Morgan fingerprint density at radius 3 is 1.54 bits per heavy atom. The molecule has 0 bridgehead atoms. The quantitative estimate of drug-likeness (QED) is 0.0844. The molecule has 0 aromatic rings. The molecule has 18 heteroatoms. The Kier molecular flexibility index (Phi) is 31.0. The van der Waals surface area contributed by atoms with E-state index in [-0.39, 0.29) is 45.7 Å². The van der Waals surface area contributed by atoms with Crippen LogP contribution < -0.4 is 5.32 Å². The molecular formula is C32H60N2O16. The SMILES string of the molecule is COCCOCCOCCOCCOCC(COCCOCCOCCOCCOC)OC(=O)NCCCCCC(=O)ON1C(=O)CCC1O. The number of carbonyl (C=O) groups is 3. The van der Waals surface area contributed by atoms with Gasteiger partial charge in [0.25, 0.3) is 5.91 Å². The largest absolute Gasteiger partial charge is 0.441 e. The Labute approximate surface area is 295 Å². The number of hydrogen-bond donors (Lipinski definition) is 2. The molecule has 294 valence electrons. The number of nitrogens with one attached hydrogen (secondary N) is 1. The predicted octanol–water partition coefficient (Wildman–Crippen LogP) is 0.466. The van der Waals surface area contributed by atoms with Crippen molar-refractivity contribution < 1.29 is 76.4 Å². The molecule has 0 spiro atoms. The number of unbranched alkanes of at least 4 members (excludes halogenated alkanes) is 2. The fourth-order valence-corrected chi connectivity index (χ4v) is 4.02. The van der Waals surface area contributed by atoms with Crippen LogP contribution in [-0.4, -0.2) is 180 Å². The minimum absolute atomic E-state index is 0.0831. The van der Waals surface area contributed by atoms with Gasteiger partial charge >= 0.3 is 12.1 Å². The average molecular weight is 729 g/mol. The van der Waals surface area contributed by atoms with E-state index in [1.807, 2.05) is 0 Å². The lowest BCUT2D eigenvalue weighted by Gasteiger charge is -2.19. The van der Waals surface area contributed by atoms with Crippen molar-refractivity contribution in [1.82, 2.24) is 10.4 Å². The van der Waals surface area contributed by atoms with Crippen molar-refractivity contribution in [3.05, 3.63) is 0 Å². The van der Waals surface area contributed by atoms with Crippen molar-refractivity contribution in [3.8, 4) is 0 Å². The van der Waals surface area contributed by atoms with Crippen LogP contribution in [0.4, 0.5) is 4.79 Å². The smallest absolute Gasteiger partial charge is 0.407 e. The maximum absolute atomic E-state index is 12.4. The molecule has 2 amide bonds. The minimum Gasteiger partial charge on any atom is -0.441 e. The van der Waals surface area contributed by atoms with Gasteiger partial charge in [-0.3, -0.25) is 4.79 Å². The first kappa shape index (κ1) is 45.8. The lowest BCUT2D eigenvalue weighted by atomic mass is 10.2. The zero-order valence-electron chi connectivity index (χ0n) is 29.9. The molecule has 18 nitrogen and oxygen atoms in total. The molecule has 1 saturated heterocycles. The average Bonchev–Trinajstić information content (AvgIpc) is 3.42. The fraction of sp³-hybridized carbons (Fsp3) is 0.906. The van der Waals surface area contributed by atoms with Crippen LogP contribution >= 0.6 is 0 Å². The first-order valence-corrected chi connectivity index (χ1v) is 17.2. The molecule has 1 rings (SSSR count). The van der Waals surface area contributed by atoms with Crippen molar-refractivity contribution in [1.29, 1.82) is 0 Å². The number of nitrogens with zero attached hydrogens (tertiary/aromatic N) is 1. The topological polar surface area (TPSA) is 197 Å². The molecule has 1 heterocycles. The normalized spacial score (nSPS) is 14.5. The van der Waals surface area contributed by atoms with Crippen molar-refractivity contribution in [2.45, 2.75) is 50.9 Å². The number of aliphatic hydroxyl groups is 1. The second-order valence-electron chi connectivity index (χ2n) is 10.8. The second-order valence-corrected chi connectivity index (χ2v) is 10.8. The Balaban J connectivity index is 2.21. The second kappa shape index (κ2) is 33.9. The summed E-state index contributed by atoms with van der Waals surface area (Å²) in [5.41, 5.74) is 0. The van der Waals surface area contributed by atoms with E-state index in [1.165, 1.54) is 0 Å². The number of aliphatic hydroxyl groups excluding tert-OH is 1. The third-order valence-electron chi connectivity index (χ3n) is 6.64. The molecule has 1 aliphatic heterocycles. The van der Waals surface area contributed by atoms with E-state index < -0.39 is 30.3 Å². The summed E-state index contributed by atoms with van der Waals surface area (Å²) in [6.07, 6.45) is -0.209. The molecule has 0 saturated carbocycles. The van der Waals surface area contributed by atoms with Crippen LogP contribution in [0.5, 0.6) is 0 Å². The predicted molar refractivity (Wildman–Crippen MR) is 175 cm³/mol. The zero-order chi connectivity index (χ0) is 36.3.